The molecule has 1 aliphatic rings. The normalized spacial score (nSPS) is 15.7. The van der Waals surface area contributed by atoms with Crippen LogP contribution in [0.25, 0.3) is 22.6 Å². The predicted molar refractivity (Wildman–Crippen MR) is 112 cm³/mol. The summed E-state index contributed by atoms with van der Waals surface area (Å²) >= 11 is 6.09. The molecular formula is C21H16ClF2N5O. The van der Waals surface area contributed by atoms with E-state index >= 15 is 0 Å². The van der Waals surface area contributed by atoms with Crippen molar-refractivity contribution < 1.29 is 13.6 Å². The highest BCUT2D eigenvalue weighted by atomic mass is 35.5. The van der Waals surface area contributed by atoms with Crippen molar-refractivity contribution in [3.8, 4) is 22.6 Å². The Morgan fingerprint density at radius 3 is 2.77 bits per heavy atom. The van der Waals surface area contributed by atoms with Crippen molar-refractivity contribution in [1.29, 1.82) is 0 Å². The number of H-pyrrole nitrogens is 1. The van der Waals surface area contributed by atoms with E-state index in [1.807, 2.05) is 0 Å². The van der Waals surface area contributed by atoms with Gasteiger partial charge in [0.1, 0.15) is 29.1 Å². The Hall–Kier alpha value is -3.52. The van der Waals surface area contributed by atoms with Crippen LogP contribution in [0.4, 0.5) is 20.4 Å². The van der Waals surface area contributed by atoms with Gasteiger partial charge in [0, 0.05) is 11.8 Å². The van der Waals surface area contributed by atoms with Gasteiger partial charge in [-0.2, -0.15) is 0 Å². The van der Waals surface area contributed by atoms with Gasteiger partial charge in [0.25, 0.3) is 0 Å². The monoisotopic (exact) mass is 427 g/mol. The Morgan fingerprint density at radius 1 is 1.27 bits per heavy atom. The molecule has 1 unspecified atom stereocenters. The SMILES string of the molecule is Nc1nc(-c2c(F)cccc2Cl)[nH]c1-c1ccc(NC(=O)C2C=CC(F)=CC2)nc1. The highest BCUT2D eigenvalue weighted by Gasteiger charge is 2.19. The summed E-state index contributed by atoms with van der Waals surface area (Å²) in [5, 5.41) is 2.90. The lowest BCUT2D eigenvalue weighted by molar-refractivity contribution is -0.118. The Balaban J connectivity index is 1.53. The van der Waals surface area contributed by atoms with Gasteiger partial charge in [0.2, 0.25) is 5.91 Å². The molecule has 1 amide bonds. The van der Waals surface area contributed by atoms with Gasteiger partial charge in [0.15, 0.2) is 0 Å². The van der Waals surface area contributed by atoms with E-state index in [4.69, 9.17) is 17.3 Å². The average Bonchev–Trinajstić information content (AvgIpc) is 3.10. The first-order valence-electron chi connectivity index (χ1n) is 9.03. The van der Waals surface area contributed by atoms with Crippen LogP contribution in [-0.4, -0.2) is 20.9 Å². The molecule has 1 atom stereocenters. The molecular weight excluding hydrogens is 412 g/mol. The van der Waals surface area contributed by atoms with Crippen molar-refractivity contribution in [3.05, 3.63) is 71.4 Å². The minimum absolute atomic E-state index is 0.125. The number of allylic oxidation sites excluding steroid dienone is 3. The van der Waals surface area contributed by atoms with Gasteiger partial charge < -0.3 is 16.0 Å². The maximum atomic E-state index is 14.2. The summed E-state index contributed by atoms with van der Waals surface area (Å²) < 4.78 is 27.2. The van der Waals surface area contributed by atoms with Crippen LogP contribution in [-0.2, 0) is 4.79 Å². The number of halogens is 3. The first kappa shape index (κ1) is 19.8. The van der Waals surface area contributed by atoms with Gasteiger partial charge in [-0.05, 0) is 42.8 Å². The molecule has 0 radical (unpaired) electrons. The molecule has 4 N–H and O–H groups in total. The fourth-order valence-electron chi connectivity index (χ4n) is 3.07. The smallest absolute Gasteiger partial charge is 0.232 e. The molecule has 2 aromatic heterocycles. The fourth-order valence-corrected chi connectivity index (χ4v) is 3.33. The quantitative estimate of drug-likeness (QED) is 0.552. The number of rotatable bonds is 4. The number of imidazole rings is 1. The van der Waals surface area contributed by atoms with Gasteiger partial charge >= 0.3 is 0 Å². The zero-order valence-corrected chi connectivity index (χ0v) is 16.3. The third-order valence-corrected chi connectivity index (χ3v) is 4.94. The molecule has 1 aliphatic carbocycles. The molecule has 30 heavy (non-hydrogen) atoms. The van der Waals surface area contributed by atoms with Crippen LogP contribution in [0.15, 0.2) is 60.6 Å². The van der Waals surface area contributed by atoms with Gasteiger partial charge in [-0.15, -0.1) is 0 Å². The summed E-state index contributed by atoms with van der Waals surface area (Å²) in [6.45, 7) is 0. The van der Waals surface area contributed by atoms with Crippen LogP contribution in [0.1, 0.15) is 6.42 Å². The summed E-state index contributed by atoms with van der Waals surface area (Å²) in [6, 6.07) is 7.64. The second-order valence-electron chi connectivity index (χ2n) is 6.65. The minimum atomic E-state index is -0.523. The van der Waals surface area contributed by atoms with E-state index in [-0.39, 0.29) is 40.4 Å². The fraction of sp³-hybridized carbons (Fsp3) is 0.0952. The number of amides is 1. The third-order valence-electron chi connectivity index (χ3n) is 4.63. The van der Waals surface area contributed by atoms with E-state index in [0.29, 0.717) is 17.1 Å². The summed E-state index contributed by atoms with van der Waals surface area (Å²) in [7, 11) is 0. The van der Waals surface area contributed by atoms with Crippen LogP contribution >= 0.6 is 11.6 Å². The predicted octanol–water partition coefficient (Wildman–Crippen LogP) is 4.88. The van der Waals surface area contributed by atoms with Crippen molar-refractivity contribution >= 4 is 29.1 Å². The first-order chi connectivity index (χ1) is 14.4. The van der Waals surface area contributed by atoms with Crippen molar-refractivity contribution in [3.63, 3.8) is 0 Å². The molecule has 0 bridgehead atoms. The van der Waals surface area contributed by atoms with Crippen molar-refractivity contribution in [2.24, 2.45) is 5.92 Å². The number of hydrogen-bond acceptors (Lipinski definition) is 4. The number of pyridine rings is 1. The molecule has 0 aliphatic heterocycles. The Bertz CT molecular complexity index is 1150. The molecule has 9 heteroatoms. The maximum Gasteiger partial charge on any atom is 0.232 e. The number of aromatic nitrogens is 3. The molecule has 3 aromatic rings. The molecule has 152 valence electrons. The third kappa shape index (κ3) is 3.95. The van der Waals surface area contributed by atoms with E-state index in [1.165, 1.54) is 36.6 Å². The summed E-state index contributed by atoms with van der Waals surface area (Å²) in [5.74, 6) is -0.922. The number of aromatic amines is 1. The Morgan fingerprint density at radius 2 is 2.10 bits per heavy atom. The van der Waals surface area contributed by atoms with E-state index in [0.717, 1.165) is 0 Å². The molecule has 0 saturated carbocycles. The Kier molecular flexibility index (Phi) is 5.33. The second-order valence-corrected chi connectivity index (χ2v) is 7.06. The van der Waals surface area contributed by atoms with Gasteiger partial charge in [-0.3, -0.25) is 4.79 Å². The van der Waals surface area contributed by atoms with E-state index in [1.54, 1.807) is 18.2 Å². The second kappa shape index (κ2) is 8.08. The average molecular weight is 428 g/mol. The van der Waals surface area contributed by atoms with Crippen molar-refractivity contribution in [1.82, 2.24) is 15.0 Å². The highest BCUT2D eigenvalue weighted by Crippen LogP contribution is 2.33. The molecule has 2 heterocycles. The first-order valence-corrected chi connectivity index (χ1v) is 9.41. The summed E-state index contributed by atoms with van der Waals surface area (Å²) in [6.07, 6.45) is 5.94. The van der Waals surface area contributed by atoms with Crippen LogP contribution in [0.5, 0.6) is 0 Å². The van der Waals surface area contributed by atoms with Crippen LogP contribution in [0.3, 0.4) is 0 Å². The molecule has 6 nitrogen and oxygen atoms in total. The van der Waals surface area contributed by atoms with E-state index in [2.05, 4.69) is 20.3 Å². The van der Waals surface area contributed by atoms with Crippen LogP contribution in [0.2, 0.25) is 5.02 Å². The number of benzene rings is 1. The number of nitrogens with one attached hydrogen (secondary N) is 2. The van der Waals surface area contributed by atoms with Gasteiger partial charge in [-0.25, -0.2) is 18.7 Å². The van der Waals surface area contributed by atoms with E-state index < -0.39 is 11.7 Å². The Labute approximate surface area is 175 Å². The molecule has 4 rings (SSSR count). The van der Waals surface area contributed by atoms with Crippen LogP contribution in [0, 0.1) is 11.7 Å². The number of carbonyl (C=O) groups excluding carboxylic acids is 1. The highest BCUT2D eigenvalue weighted by molar-refractivity contribution is 6.33. The number of nitrogen functional groups attached to an aromatic ring is 1. The lowest BCUT2D eigenvalue weighted by atomic mass is 9.99. The lowest BCUT2D eigenvalue weighted by Gasteiger charge is -2.13. The molecule has 0 saturated heterocycles. The van der Waals surface area contributed by atoms with Crippen molar-refractivity contribution in [2.45, 2.75) is 6.42 Å². The number of anilines is 2. The zero-order valence-electron chi connectivity index (χ0n) is 15.5. The molecule has 0 spiro atoms. The maximum absolute atomic E-state index is 14.2. The number of nitrogens with zero attached hydrogens (tertiary/aromatic N) is 2. The number of nitrogens with two attached hydrogens (primary N) is 1. The molecule has 0 fully saturated rings. The van der Waals surface area contributed by atoms with Crippen molar-refractivity contribution in [2.75, 3.05) is 11.1 Å². The van der Waals surface area contributed by atoms with E-state index in [9.17, 15) is 13.6 Å². The van der Waals surface area contributed by atoms with Gasteiger partial charge in [0.05, 0.1) is 22.2 Å². The molecule has 1 aromatic carbocycles. The number of carbonyl (C=O) groups is 1. The largest absolute Gasteiger partial charge is 0.382 e. The summed E-state index contributed by atoms with van der Waals surface area (Å²) in [5.41, 5.74) is 7.16. The standard InChI is InChI=1S/C21H16ClF2N5O/c22-14-2-1-3-15(24)17(14)20-28-18(19(25)29-20)12-6-9-16(26-10-12)27-21(30)11-4-7-13(23)8-5-11/h1-4,6-11H,5,25H2,(H,28,29)(H,26,27,30). The lowest BCUT2D eigenvalue weighted by Crippen LogP contribution is -2.22. The van der Waals surface area contributed by atoms with Crippen LogP contribution < -0.4 is 11.1 Å². The number of hydrogen-bond donors (Lipinski definition) is 3. The van der Waals surface area contributed by atoms with Gasteiger partial charge in [-0.1, -0.05) is 23.7 Å². The minimum Gasteiger partial charge on any atom is -0.382 e. The summed E-state index contributed by atoms with van der Waals surface area (Å²) in [4.78, 5) is 23.6. The zero-order chi connectivity index (χ0) is 21.3. The topological polar surface area (TPSA) is 96.7 Å².